The number of rotatable bonds is 5. The Labute approximate surface area is 146 Å². The summed E-state index contributed by atoms with van der Waals surface area (Å²) in [5.74, 6) is -1.04. The van der Waals surface area contributed by atoms with Crippen LogP contribution in [0.15, 0.2) is 30.3 Å². The Morgan fingerprint density at radius 1 is 1.29 bits per heavy atom. The lowest BCUT2D eigenvalue weighted by Crippen LogP contribution is -2.20. The number of ether oxygens (including phenoxy) is 1. The molecule has 2 aromatic rings. The number of nitrogens with two attached hydrogens (primary N) is 1. The van der Waals surface area contributed by atoms with Gasteiger partial charge in [-0.15, -0.1) is 0 Å². The molecule has 0 heterocycles. The van der Waals surface area contributed by atoms with Gasteiger partial charge in [-0.25, -0.2) is 4.39 Å². The van der Waals surface area contributed by atoms with E-state index in [1.165, 1.54) is 0 Å². The van der Waals surface area contributed by atoms with Crippen molar-refractivity contribution in [2.45, 2.75) is 33.2 Å². The van der Waals surface area contributed by atoms with Crippen molar-refractivity contribution in [3.8, 4) is 11.1 Å². The molecule has 0 saturated carbocycles. The molecule has 1 atom stereocenters. The molecule has 0 aromatic heterocycles. The van der Waals surface area contributed by atoms with Crippen LogP contribution in [0.4, 0.5) is 4.39 Å². The molecule has 24 heavy (non-hydrogen) atoms. The summed E-state index contributed by atoms with van der Waals surface area (Å²) in [6, 6.07) is 8.57. The van der Waals surface area contributed by atoms with Crippen LogP contribution in [0, 0.1) is 19.7 Å². The number of benzene rings is 2. The Hall–Kier alpha value is -1.91. The number of carbonyl (C=O) groups is 1. The van der Waals surface area contributed by atoms with Crippen LogP contribution in [0.25, 0.3) is 11.1 Å². The molecular weight excluding hydrogens is 329 g/mol. The summed E-state index contributed by atoms with van der Waals surface area (Å²) in [5.41, 5.74) is 9.85. The van der Waals surface area contributed by atoms with E-state index in [4.69, 9.17) is 22.1 Å². The second-order valence-corrected chi connectivity index (χ2v) is 6.10. The molecule has 0 spiro atoms. The highest BCUT2D eigenvalue weighted by atomic mass is 35.5. The van der Waals surface area contributed by atoms with E-state index < -0.39 is 17.8 Å². The van der Waals surface area contributed by atoms with E-state index in [1.54, 1.807) is 19.9 Å². The van der Waals surface area contributed by atoms with E-state index in [9.17, 15) is 9.18 Å². The Morgan fingerprint density at radius 3 is 2.58 bits per heavy atom. The van der Waals surface area contributed by atoms with Gasteiger partial charge in [-0.3, -0.25) is 4.79 Å². The van der Waals surface area contributed by atoms with Crippen LogP contribution >= 0.6 is 11.6 Å². The Kier molecular flexibility index (Phi) is 5.97. The summed E-state index contributed by atoms with van der Waals surface area (Å²) < 4.78 is 19.5. The topological polar surface area (TPSA) is 52.3 Å². The van der Waals surface area contributed by atoms with Crippen molar-refractivity contribution in [2.24, 2.45) is 5.73 Å². The highest BCUT2D eigenvalue weighted by Gasteiger charge is 2.23. The minimum absolute atomic E-state index is 0.00633. The van der Waals surface area contributed by atoms with Gasteiger partial charge in [0.2, 0.25) is 0 Å². The van der Waals surface area contributed by atoms with E-state index in [1.807, 2.05) is 31.2 Å². The fourth-order valence-corrected chi connectivity index (χ4v) is 3.04. The summed E-state index contributed by atoms with van der Waals surface area (Å²) in [6.45, 7) is 5.74. The maximum atomic E-state index is 14.6. The van der Waals surface area contributed by atoms with Crippen LogP contribution in [-0.4, -0.2) is 12.6 Å². The molecule has 0 radical (unpaired) electrons. The third kappa shape index (κ3) is 3.77. The van der Waals surface area contributed by atoms with Crippen LogP contribution in [-0.2, 0) is 9.53 Å². The first-order valence-corrected chi connectivity index (χ1v) is 8.20. The first kappa shape index (κ1) is 18.4. The monoisotopic (exact) mass is 349 g/mol. The average molecular weight is 350 g/mol. The average Bonchev–Trinajstić information content (AvgIpc) is 2.52. The van der Waals surface area contributed by atoms with Gasteiger partial charge in [-0.1, -0.05) is 35.9 Å². The van der Waals surface area contributed by atoms with Crippen LogP contribution < -0.4 is 5.73 Å². The molecule has 1 unspecified atom stereocenters. The molecular formula is C19H21ClFNO2. The predicted molar refractivity (Wildman–Crippen MR) is 94.5 cm³/mol. The van der Waals surface area contributed by atoms with Crippen molar-refractivity contribution in [2.75, 3.05) is 6.61 Å². The molecule has 3 nitrogen and oxygen atoms in total. The fraction of sp³-hybridized carbons (Fsp3) is 0.316. The predicted octanol–water partition coefficient (Wildman–Crippen LogP) is 4.72. The van der Waals surface area contributed by atoms with Gasteiger partial charge in [0.15, 0.2) is 0 Å². The zero-order chi connectivity index (χ0) is 17.9. The van der Waals surface area contributed by atoms with Gasteiger partial charge in [-0.05, 0) is 49.1 Å². The molecule has 0 aliphatic carbocycles. The van der Waals surface area contributed by atoms with E-state index >= 15 is 0 Å². The summed E-state index contributed by atoms with van der Waals surface area (Å²) in [6.07, 6.45) is -0.0981. The van der Waals surface area contributed by atoms with Gasteiger partial charge in [0.05, 0.1) is 18.1 Å². The number of hydrogen-bond acceptors (Lipinski definition) is 3. The van der Waals surface area contributed by atoms with E-state index in [0.29, 0.717) is 5.56 Å². The maximum absolute atomic E-state index is 14.6. The Morgan fingerprint density at radius 2 is 1.96 bits per heavy atom. The number of aryl methyl sites for hydroxylation is 1. The quantitative estimate of drug-likeness (QED) is 0.795. The highest BCUT2D eigenvalue weighted by molar-refractivity contribution is 6.31. The summed E-state index contributed by atoms with van der Waals surface area (Å²) >= 11 is 6.09. The largest absolute Gasteiger partial charge is 0.466 e. The summed E-state index contributed by atoms with van der Waals surface area (Å²) in [7, 11) is 0. The Bertz CT molecular complexity index is 761. The molecule has 0 aliphatic rings. The van der Waals surface area contributed by atoms with Crippen molar-refractivity contribution in [1.29, 1.82) is 0 Å². The minimum atomic E-state index is -0.814. The van der Waals surface area contributed by atoms with Gasteiger partial charge in [-0.2, -0.15) is 0 Å². The lowest BCUT2D eigenvalue weighted by atomic mass is 9.90. The molecule has 0 aliphatic heterocycles. The molecule has 0 amide bonds. The van der Waals surface area contributed by atoms with Crippen LogP contribution in [0.1, 0.15) is 36.1 Å². The standard InChI is InChI=1S/C19H21ClFNO2/c1-4-24-17(23)10-16(22)18-12(3)14(9-15(20)19(18)21)13-8-6-5-7-11(13)2/h5-9,16H,4,10,22H2,1-3H3. The molecule has 5 heteroatoms. The summed E-state index contributed by atoms with van der Waals surface area (Å²) in [4.78, 5) is 11.7. The van der Waals surface area contributed by atoms with E-state index in [-0.39, 0.29) is 23.6 Å². The van der Waals surface area contributed by atoms with Gasteiger partial charge >= 0.3 is 5.97 Å². The first-order chi connectivity index (χ1) is 11.4. The molecule has 0 fully saturated rings. The third-order valence-electron chi connectivity index (χ3n) is 4.02. The normalized spacial score (nSPS) is 12.1. The van der Waals surface area contributed by atoms with Crippen molar-refractivity contribution in [3.05, 3.63) is 57.9 Å². The molecule has 0 saturated heterocycles. The van der Waals surface area contributed by atoms with Crippen molar-refractivity contribution in [1.82, 2.24) is 0 Å². The number of halogens is 2. The molecule has 128 valence electrons. The number of hydrogen-bond donors (Lipinski definition) is 1. The van der Waals surface area contributed by atoms with Crippen molar-refractivity contribution >= 4 is 17.6 Å². The van der Waals surface area contributed by atoms with Crippen LogP contribution in [0.5, 0.6) is 0 Å². The van der Waals surface area contributed by atoms with Gasteiger partial charge in [0, 0.05) is 11.6 Å². The third-order valence-corrected chi connectivity index (χ3v) is 4.30. The number of esters is 1. The Balaban J connectivity index is 2.53. The molecule has 2 rings (SSSR count). The zero-order valence-electron chi connectivity index (χ0n) is 14.0. The SMILES string of the molecule is CCOC(=O)CC(N)c1c(C)c(-c2ccccc2C)cc(Cl)c1F. The van der Waals surface area contributed by atoms with Crippen LogP contribution in [0.3, 0.4) is 0 Å². The zero-order valence-corrected chi connectivity index (χ0v) is 14.8. The smallest absolute Gasteiger partial charge is 0.307 e. The van der Waals surface area contributed by atoms with E-state index in [2.05, 4.69) is 0 Å². The molecule has 2 aromatic carbocycles. The van der Waals surface area contributed by atoms with Crippen molar-refractivity contribution in [3.63, 3.8) is 0 Å². The number of carbonyl (C=O) groups excluding carboxylic acids is 1. The minimum Gasteiger partial charge on any atom is -0.466 e. The molecule has 2 N–H and O–H groups in total. The lowest BCUT2D eigenvalue weighted by molar-refractivity contribution is -0.143. The van der Waals surface area contributed by atoms with Crippen molar-refractivity contribution < 1.29 is 13.9 Å². The molecule has 0 bridgehead atoms. The summed E-state index contributed by atoms with van der Waals surface area (Å²) in [5, 5.41) is -0.00633. The van der Waals surface area contributed by atoms with Gasteiger partial charge < -0.3 is 10.5 Å². The highest BCUT2D eigenvalue weighted by Crippen LogP contribution is 2.36. The van der Waals surface area contributed by atoms with Crippen LogP contribution in [0.2, 0.25) is 5.02 Å². The second-order valence-electron chi connectivity index (χ2n) is 5.69. The fourth-order valence-electron chi connectivity index (χ4n) is 2.83. The van der Waals surface area contributed by atoms with Gasteiger partial charge in [0.1, 0.15) is 5.82 Å². The van der Waals surface area contributed by atoms with E-state index in [0.717, 1.165) is 16.7 Å². The maximum Gasteiger partial charge on any atom is 0.307 e. The van der Waals surface area contributed by atoms with Gasteiger partial charge in [0.25, 0.3) is 0 Å². The lowest BCUT2D eigenvalue weighted by Gasteiger charge is -2.20. The second kappa shape index (κ2) is 7.77. The first-order valence-electron chi connectivity index (χ1n) is 7.82.